The van der Waals surface area contributed by atoms with Gasteiger partial charge in [-0.05, 0) is 49.7 Å². The minimum absolute atomic E-state index is 0.0322. The third kappa shape index (κ3) is 4.96. The SMILES string of the molecule is COCCN(C)C(=O)c1cccc(Cc2c(C)nn(-c3ccc(C#N)c(Cl)c3)c2C)c1. The van der Waals surface area contributed by atoms with Gasteiger partial charge in [-0.15, -0.1) is 0 Å². The molecule has 1 heterocycles. The van der Waals surface area contributed by atoms with Gasteiger partial charge in [-0.1, -0.05) is 23.7 Å². The molecule has 0 fully saturated rings. The molecular formula is C24H25ClN4O2. The van der Waals surface area contributed by atoms with Gasteiger partial charge in [-0.3, -0.25) is 4.79 Å². The largest absolute Gasteiger partial charge is 0.383 e. The highest BCUT2D eigenvalue weighted by atomic mass is 35.5. The summed E-state index contributed by atoms with van der Waals surface area (Å²) in [6, 6.07) is 15.0. The van der Waals surface area contributed by atoms with Crippen LogP contribution in [0.15, 0.2) is 42.5 Å². The van der Waals surface area contributed by atoms with E-state index in [1.165, 1.54) is 0 Å². The van der Waals surface area contributed by atoms with Crippen molar-refractivity contribution >= 4 is 17.5 Å². The van der Waals surface area contributed by atoms with Gasteiger partial charge >= 0.3 is 0 Å². The number of rotatable bonds is 7. The van der Waals surface area contributed by atoms with Crippen LogP contribution in [-0.4, -0.2) is 47.9 Å². The number of amides is 1. The van der Waals surface area contributed by atoms with Crippen molar-refractivity contribution < 1.29 is 9.53 Å². The third-order valence-corrected chi connectivity index (χ3v) is 5.60. The summed E-state index contributed by atoms with van der Waals surface area (Å²) in [5.41, 5.74) is 5.92. The molecule has 0 atom stereocenters. The smallest absolute Gasteiger partial charge is 0.253 e. The molecule has 160 valence electrons. The van der Waals surface area contributed by atoms with Gasteiger partial charge in [0.15, 0.2) is 0 Å². The van der Waals surface area contributed by atoms with E-state index >= 15 is 0 Å². The van der Waals surface area contributed by atoms with Crippen LogP contribution in [-0.2, 0) is 11.2 Å². The van der Waals surface area contributed by atoms with E-state index in [4.69, 9.17) is 21.6 Å². The van der Waals surface area contributed by atoms with E-state index in [-0.39, 0.29) is 5.91 Å². The first-order valence-corrected chi connectivity index (χ1v) is 10.3. The van der Waals surface area contributed by atoms with Crippen LogP contribution in [0.4, 0.5) is 0 Å². The molecule has 0 bridgehead atoms. The van der Waals surface area contributed by atoms with Crippen LogP contribution in [0, 0.1) is 25.2 Å². The maximum atomic E-state index is 12.7. The first kappa shape index (κ1) is 22.5. The molecule has 7 heteroatoms. The minimum Gasteiger partial charge on any atom is -0.383 e. The molecule has 2 aromatic carbocycles. The standard InChI is InChI=1S/C24H25ClN4O2/c1-16-22(17(2)29(27-16)21-9-8-20(15-26)23(25)14-21)13-18-6-5-7-19(12-18)24(30)28(3)10-11-31-4/h5-9,12,14H,10-11,13H2,1-4H3. The van der Waals surface area contributed by atoms with Gasteiger partial charge < -0.3 is 9.64 Å². The number of benzene rings is 2. The number of methoxy groups -OCH3 is 1. The molecule has 1 amide bonds. The van der Waals surface area contributed by atoms with Crippen LogP contribution in [0.25, 0.3) is 5.69 Å². The fraction of sp³-hybridized carbons (Fsp3) is 0.292. The summed E-state index contributed by atoms with van der Waals surface area (Å²) >= 11 is 6.21. The molecule has 1 aromatic heterocycles. The Morgan fingerprint density at radius 3 is 2.71 bits per heavy atom. The van der Waals surface area contributed by atoms with E-state index in [0.29, 0.717) is 35.7 Å². The number of hydrogen-bond donors (Lipinski definition) is 0. The van der Waals surface area contributed by atoms with Gasteiger partial charge in [0.2, 0.25) is 0 Å². The van der Waals surface area contributed by atoms with Gasteiger partial charge in [-0.2, -0.15) is 10.4 Å². The van der Waals surface area contributed by atoms with Crippen molar-refractivity contribution in [2.24, 2.45) is 0 Å². The molecule has 31 heavy (non-hydrogen) atoms. The summed E-state index contributed by atoms with van der Waals surface area (Å²) in [6.45, 7) is 5.02. The molecule has 0 aliphatic rings. The summed E-state index contributed by atoms with van der Waals surface area (Å²) in [6.07, 6.45) is 0.657. The summed E-state index contributed by atoms with van der Waals surface area (Å²) in [5, 5.41) is 14.2. The van der Waals surface area contributed by atoms with E-state index in [2.05, 4.69) is 11.2 Å². The van der Waals surface area contributed by atoms with Crippen LogP contribution in [0.1, 0.15) is 38.4 Å². The number of likely N-dealkylation sites (N-methyl/N-ethyl adjacent to an activating group) is 1. The van der Waals surface area contributed by atoms with Crippen LogP contribution in [0.5, 0.6) is 0 Å². The lowest BCUT2D eigenvalue weighted by molar-refractivity contribution is 0.0744. The first-order valence-electron chi connectivity index (χ1n) is 9.94. The van der Waals surface area contributed by atoms with Crippen molar-refractivity contribution in [1.82, 2.24) is 14.7 Å². The molecule has 0 radical (unpaired) electrons. The second-order valence-corrected chi connectivity index (χ2v) is 7.84. The fourth-order valence-corrected chi connectivity index (χ4v) is 3.69. The molecule has 0 saturated carbocycles. The second-order valence-electron chi connectivity index (χ2n) is 7.43. The fourth-order valence-electron chi connectivity index (χ4n) is 3.48. The summed E-state index contributed by atoms with van der Waals surface area (Å²) < 4.78 is 6.90. The van der Waals surface area contributed by atoms with E-state index < -0.39 is 0 Å². The quantitative estimate of drug-likeness (QED) is 0.552. The number of nitrogens with zero attached hydrogens (tertiary/aromatic N) is 4. The van der Waals surface area contributed by atoms with E-state index in [1.54, 1.807) is 31.2 Å². The topological polar surface area (TPSA) is 71.2 Å². The van der Waals surface area contributed by atoms with Crippen molar-refractivity contribution in [3.05, 3.63) is 81.1 Å². The molecule has 0 aliphatic carbocycles. The zero-order chi connectivity index (χ0) is 22.5. The highest BCUT2D eigenvalue weighted by molar-refractivity contribution is 6.31. The number of ether oxygens (including phenoxy) is 1. The number of nitriles is 1. The molecule has 6 nitrogen and oxygen atoms in total. The molecule has 3 rings (SSSR count). The lowest BCUT2D eigenvalue weighted by Crippen LogP contribution is -2.29. The second kappa shape index (κ2) is 9.78. The van der Waals surface area contributed by atoms with Gasteiger partial charge in [0.05, 0.1) is 28.6 Å². The number of aromatic nitrogens is 2. The zero-order valence-electron chi connectivity index (χ0n) is 18.1. The van der Waals surface area contributed by atoms with Crippen molar-refractivity contribution in [2.75, 3.05) is 27.3 Å². The van der Waals surface area contributed by atoms with Crippen LogP contribution in [0.3, 0.4) is 0 Å². The Bertz CT molecular complexity index is 1150. The Morgan fingerprint density at radius 1 is 1.26 bits per heavy atom. The summed E-state index contributed by atoms with van der Waals surface area (Å²) in [4.78, 5) is 14.3. The number of carbonyl (C=O) groups excluding carboxylic acids is 1. The summed E-state index contributed by atoms with van der Waals surface area (Å²) in [7, 11) is 3.39. The molecule has 0 aliphatic heterocycles. The Kier molecular flexibility index (Phi) is 7.11. The Labute approximate surface area is 187 Å². The number of halogens is 1. The highest BCUT2D eigenvalue weighted by Gasteiger charge is 2.16. The van der Waals surface area contributed by atoms with Gasteiger partial charge in [0.25, 0.3) is 5.91 Å². The van der Waals surface area contributed by atoms with Gasteiger partial charge in [0, 0.05) is 43.9 Å². The lowest BCUT2D eigenvalue weighted by atomic mass is 10.0. The molecule has 0 spiro atoms. The average molecular weight is 437 g/mol. The van der Waals surface area contributed by atoms with E-state index in [9.17, 15) is 4.79 Å². The van der Waals surface area contributed by atoms with Crippen LogP contribution in [0.2, 0.25) is 5.02 Å². The van der Waals surface area contributed by atoms with Crippen molar-refractivity contribution in [2.45, 2.75) is 20.3 Å². The minimum atomic E-state index is -0.0322. The maximum absolute atomic E-state index is 12.7. The average Bonchev–Trinajstić information content (AvgIpc) is 3.05. The predicted molar refractivity (Wildman–Crippen MR) is 121 cm³/mol. The third-order valence-electron chi connectivity index (χ3n) is 5.29. The number of carbonyl (C=O) groups is 1. The summed E-state index contributed by atoms with van der Waals surface area (Å²) in [5.74, 6) is -0.0322. The van der Waals surface area contributed by atoms with Crippen molar-refractivity contribution in [3.8, 4) is 11.8 Å². The molecular weight excluding hydrogens is 412 g/mol. The first-order chi connectivity index (χ1) is 14.8. The predicted octanol–water partition coefficient (Wildman–Crippen LogP) is 4.32. The van der Waals surface area contributed by atoms with Gasteiger partial charge in [-0.25, -0.2) is 4.68 Å². The molecule has 3 aromatic rings. The monoisotopic (exact) mass is 436 g/mol. The number of aryl methyl sites for hydroxylation is 1. The molecule has 0 saturated heterocycles. The van der Waals surface area contributed by atoms with Crippen molar-refractivity contribution in [3.63, 3.8) is 0 Å². The van der Waals surface area contributed by atoms with Crippen molar-refractivity contribution in [1.29, 1.82) is 5.26 Å². The van der Waals surface area contributed by atoms with Crippen LogP contribution < -0.4 is 0 Å². The molecule has 0 N–H and O–H groups in total. The Morgan fingerprint density at radius 2 is 2.03 bits per heavy atom. The van der Waals surface area contributed by atoms with Gasteiger partial charge in [0.1, 0.15) is 6.07 Å². The Hall–Kier alpha value is -3.14. The number of hydrogen-bond acceptors (Lipinski definition) is 4. The van der Waals surface area contributed by atoms with Crippen LogP contribution >= 0.6 is 11.6 Å². The maximum Gasteiger partial charge on any atom is 0.253 e. The highest BCUT2D eigenvalue weighted by Crippen LogP contribution is 2.24. The molecule has 0 unspecified atom stereocenters. The lowest BCUT2D eigenvalue weighted by Gasteiger charge is -2.17. The van der Waals surface area contributed by atoms with E-state index in [1.807, 2.05) is 48.9 Å². The van der Waals surface area contributed by atoms with E-state index in [0.717, 1.165) is 28.2 Å². The normalized spacial score (nSPS) is 10.7. The zero-order valence-corrected chi connectivity index (χ0v) is 18.9. The Balaban J connectivity index is 1.87.